The third kappa shape index (κ3) is 2.52. The van der Waals surface area contributed by atoms with Crippen LogP contribution >= 0.6 is 0 Å². The van der Waals surface area contributed by atoms with E-state index in [2.05, 4.69) is 14.8 Å². The number of amides is 2. The molecular weight excluding hydrogens is 270 g/mol. The van der Waals surface area contributed by atoms with Crippen molar-refractivity contribution in [2.75, 3.05) is 13.1 Å². The third-order valence-corrected chi connectivity index (χ3v) is 4.43. The smallest absolute Gasteiger partial charge is 0.220 e. The summed E-state index contributed by atoms with van der Waals surface area (Å²) in [6.45, 7) is 5.88. The van der Waals surface area contributed by atoms with Crippen LogP contribution in [-0.4, -0.2) is 49.5 Å². The molecule has 21 heavy (non-hydrogen) atoms. The lowest BCUT2D eigenvalue weighted by molar-refractivity contribution is -0.132. The Balaban J connectivity index is 1.87. The highest BCUT2D eigenvalue weighted by Gasteiger charge is 2.32. The van der Waals surface area contributed by atoms with Gasteiger partial charge in [-0.25, -0.2) is 0 Å². The zero-order chi connectivity index (χ0) is 15.0. The van der Waals surface area contributed by atoms with Crippen LogP contribution in [0.2, 0.25) is 0 Å². The van der Waals surface area contributed by atoms with E-state index in [4.69, 9.17) is 0 Å². The van der Waals surface area contributed by atoms with Crippen molar-refractivity contribution in [3.63, 3.8) is 0 Å². The number of nitrogens with zero attached hydrogens (tertiary/aromatic N) is 5. The Bertz CT molecular complexity index is 568. The van der Waals surface area contributed by atoms with Crippen LogP contribution in [0.5, 0.6) is 0 Å². The molecule has 1 aromatic rings. The monoisotopic (exact) mass is 291 g/mol. The quantitative estimate of drug-likeness (QED) is 0.764. The molecule has 7 heteroatoms. The highest BCUT2D eigenvalue weighted by Crippen LogP contribution is 2.31. The fourth-order valence-corrected chi connectivity index (χ4v) is 3.27. The van der Waals surface area contributed by atoms with Gasteiger partial charge >= 0.3 is 0 Å². The molecule has 0 spiro atoms. The van der Waals surface area contributed by atoms with Crippen LogP contribution in [-0.2, 0) is 22.7 Å². The lowest BCUT2D eigenvalue weighted by Crippen LogP contribution is -2.41. The number of rotatable bonds is 1. The van der Waals surface area contributed by atoms with Gasteiger partial charge in [-0.3, -0.25) is 9.59 Å². The van der Waals surface area contributed by atoms with Gasteiger partial charge < -0.3 is 14.4 Å². The summed E-state index contributed by atoms with van der Waals surface area (Å²) in [6, 6.07) is 0.0291. The molecule has 1 unspecified atom stereocenters. The van der Waals surface area contributed by atoms with Gasteiger partial charge in [0.1, 0.15) is 0 Å². The van der Waals surface area contributed by atoms with E-state index in [1.54, 1.807) is 18.7 Å². The molecule has 2 aliphatic heterocycles. The molecule has 0 radical (unpaired) electrons. The highest BCUT2D eigenvalue weighted by molar-refractivity contribution is 5.74. The summed E-state index contributed by atoms with van der Waals surface area (Å²) >= 11 is 0. The number of fused-ring (bicyclic) bond motifs is 1. The maximum atomic E-state index is 11.8. The summed E-state index contributed by atoms with van der Waals surface area (Å²) in [4.78, 5) is 27.0. The molecule has 1 saturated heterocycles. The van der Waals surface area contributed by atoms with Gasteiger partial charge in [0.2, 0.25) is 11.8 Å². The Morgan fingerprint density at radius 1 is 1.05 bits per heavy atom. The molecule has 7 nitrogen and oxygen atoms in total. The first-order valence-corrected chi connectivity index (χ1v) is 7.52. The molecule has 0 saturated carbocycles. The number of carbonyl (C=O) groups is 2. The molecule has 114 valence electrons. The first kappa shape index (κ1) is 14.0. The summed E-state index contributed by atoms with van der Waals surface area (Å²) in [5.74, 6) is 1.86. The molecular formula is C14H21N5O2. The fraction of sp³-hybridized carbons (Fsp3) is 0.714. The van der Waals surface area contributed by atoms with E-state index in [1.165, 1.54) is 0 Å². The summed E-state index contributed by atoms with van der Waals surface area (Å²) in [7, 11) is 0. The average molecular weight is 291 g/mol. The van der Waals surface area contributed by atoms with Crippen LogP contribution < -0.4 is 0 Å². The van der Waals surface area contributed by atoms with Gasteiger partial charge in [-0.15, -0.1) is 10.2 Å². The number of hydrogen-bond donors (Lipinski definition) is 0. The van der Waals surface area contributed by atoms with Crippen molar-refractivity contribution in [3.8, 4) is 0 Å². The van der Waals surface area contributed by atoms with E-state index in [0.717, 1.165) is 37.5 Å². The first-order chi connectivity index (χ1) is 10.1. The molecule has 3 heterocycles. The zero-order valence-corrected chi connectivity index (χ0v) is 12.6. The van der Waals surface area contributed by atoms with Crippen molar-refractivity contribution < 1.29 is 9.59 Å². The van der Waals surface area contributed by atoms with Gasteiger partial charge in [-0.05, 0) is 19.3 Å². The molecule has 3 rings (SSSR count). The predicted octanol–water partition coefficient (Wildman–Crippen LogP) is 0.714. The van der Waals surface area contributed by atoms with E-state index < -0.39 is 0 Å². The van der Waals surface area contributed by atoms with E-state index in [9.17, 15) is 9.59 Å². The number of aromatic nitrogens is 3. The summed E-state index contributed by atoms with van der Waals surface area (Å²) in [5, 5.41) is 8.57. The van der Waals surface area contributed by atoms with E-state index in [0.29, 0.717) is 19.6 Å². The highest BCUT2D eigenvalue weighted by atomic mass is 16.2. The second kappa shape index (κ2) is 5.46. The van der Waals surface area contributed by atoms with Crippen LogP contribution in [0.25, 0.3) is 0 Å². The van der Waals surface area contributed by atoms with Crippen molar-refractivity contribution in [1.82, 2.24) is 24.6 Å². The van der Waals surface area contributed by atoms with E-state index in [1.807, 2.05) is 4.90 Å². The SMILES string of the molecule is CC(=O)N1CCn2c(nnc2C2CCCCN2C(C)=O)C1. The largest absolute Gasteiger partial charge is 0.334 e. The van der Waals surface area contributed by atoms with Gasteiger partial charge in [0.15, 0.2) is 11.6 Å². The molecule has 1 atom stereocenters. The van der Waals surface area contributed by atoms with Crippen LogP contribution in [0.1, 0.15) is 50.8 Å². The molecule has 2 aliphatic rings. The Morgan fingerprint density at radius 2 is 1.86 bits per heavy atom. The molecule has 1 aromatic heterocycles. The minimum absolute atomic E-state index is 0.0291. The number of hydrogen-bond acceptors (Lipinski definition) is 4. The summed E-state index contributed by atoms with van der Waals surface area (Å²) in [5.41, 5.74) is 0. The predicted molar refractivity (Wildman–Crippen MR) is 75.1 cm³/mol. The first-order valence-electron chi connectivity index (χ1n) is 7.52. The lowest BCUT2D eigenvalue weighted by Gasteiger charge is -2.35. The lowest BCUT2D eigenvalue weighted by atomic mass is 10.0. The molecule has 1 fully saturated rings. The Hall–Kier alpha value is -1.92. The molecule has 0 aliphatic carbocycles. The van der Waals surface area contributed by atoms with Gasteiger partial charge in [-0.2, -0.15) is 0 Å². The number of likely N-dealkylation sites (tertiary alicyclic amines) is 1. The molecule has 0 N–H and O–H groups in total. The average Bonchev–Trinajstić information content (AvgIpc) is 2.89. The minimum Gasteiger partial charge on any atom is -0.334 e. The molecule has 0 bridgehead atoms. The Morgan fingerprint density at radius 3 is 2.57 bits per heavy atom. The maximum absolute atomic E-state index is 11.8. The van der Waals surface area contributed by atoms with Crippen molar-refractivity contribution in [3.05, 3.63) is 11.6 Å². The van der Waals surface area contributed by atoms with E-state index in [-0.39, 0.29) is 17.9 Å². The fourth-order valence-electron chi connectivity index (χ4n) is 3.27. The zero-order valence-electron chi connectivity index (χ0n) is 12.6. The van der Waals surface area contributed by atoms with Crippen LogP contribution in [0.3, 0.4) is 0 Å². The summed E-state index contributed by atoms with van der Waals surface area (Å²) < 4.78 is 2.09. The van der Waals surface area contributed by atoms with Gasteiger partial charge in [0, 0.05) is 33.5 Å². The number of carbonyl (C=O) groups excluding carboxylic acids is 2. The number of piperidine rings is 1. The van der Waals surface area contributed by atoms with Crippen molar-refractivity contribution in [1.29, 1.82) is 0 Å². The topological polar surface area (TPSA) is 71.3 Å². The van der Waals surface area contributed by atoms with Gasteiger partial charge in [0.05, 0.1) is 12.6 Å². The summed E-state index contributed by atoms with van der Waals surface area (Å²) in [6.07, 6.45) is 3.10. The van der Waals surface area contributed by atoms with Gasteiger partial charge in [-0.1, -0.05) is 0 Å². The van der Waals surface area contributed by atoms with Crippen LogP contribution in [0.15, 0.2) is 0 Å². The second-order valence-electron chi connectivity index (χ2n) is 5.79. The molecule has 2 amide bonds. The van der Waals surface area contributed by atoms with Crippen LogP contribution in [0.4, 0.5) is 0 Å². The normalized spacial score (nSPS) is 22.1. The second-order valence-corrected chi connectivity index (χ2v) is 5.79. The Labute approximate surface area is 123 Å². The van der Waals surface area contributed by atoms with E-state index >= 15 is 0 Å². The Kier molecular flexibility index (Phi) is 3.65. The van der Waals surface area contributed by atoms with Crippen molar-refractivity contribution in [2.24, 2.45) is 0 Å². The maximum Gasteiger partial charge on any atom is 0.220 e. The minimum atomic E-state index is 0.0291. The molecule has 0 aromatic carbocycles. The third-order valence-electron chi connectivity index (χ3n) is 4.43. The van der Waals surface area contributed by atoms with Crippen molar-refractivity contribution in [2.45, 2.75) is 52.2 Å². The standard InChI is InChI=1S/C14H21N5O2/c1-10(20)17-7-8-19-13(9-17)15-16-14(19)12-5-3-4-6-18(12)11(2)21/h12H,3-9H2,1-2H3. The van der Waals surface area contributed by atoms with Crippen LogP contribution in [0, 0.1) is 0 Å². The van der Waals surface area contributed by atoms with Gasteiger partial charge in [0.25, 0.3) is 0 Å². The van der Waals surface area contributed by atoms with Crippen molar-refractivity contribution >= 4 is 11.8 Å².